The van der Waals surface area contributed by atoms with Crippen LogP contribution in [0.5, 0.6) is 5.75 Å². The molecule has 10 heteroatoms. The van der Waals surface area contributed by atoms with Gasteiger partial charge in [-0.15, -0.1) is 0 Å². The molecule has 4 amide bonds. The Morgan fingerprint density at radius 2 is 1.89 bits per heavy atom. The highest BCUT2D eigenvalue weighted by molar-refractivity contribution is 6.42. The van der Waals surface area contributed by atoms with Gasteiger partial charge in [0.25, 0.3) is 5.78 Å². The van der Waals surface area contributed by atoms with Crippen molar-refractivity contribution in [2.24, 2.45) is 0 Å². The molecule has 0 spiro atoms. The van der Waals surface area contributed by atoms with Crippen molar-refractivity contribution < 1.29 is 28.7 Å². The standard InChI is InChI=1S/C18H20N4O6/c1-28-14-6-4-12(5-7-14)16(25)17(26)19-20-10-8-15(24)21-9-2-3-13(11-23)22(21)18(20)27/h4-7,11,13H,2-3,8-10H2,1H3,(H,19,26)/t13-/m0/s1. The van der Waals surface area contributed by atoms with E-state index >= 15 is 0 Å². The lowest BCUT2D eigenvalue weighted by Gasteiger charge is -2.41. The van der Waals surface area contributed by atoms with Gasteiger partial charge >= 0.3 is 11.9 Å². The van der Waals surface area contributed by atoms with Gasteiger partial charge in [-0.1, -0.05) is 0 Å². The van der Waals surface area contributed by atoms with Crippen molar-refractivity contribution in [3.8, 4) is 5.75 Å². The van der Waals surface area contributed by atoms with E-state index in [4.69, 9.17) is 4.74 Å². The van der Waals surface area contributed by atoms with E-state index in [-0.39, 0.29) is 24.4 Å². The normalized spacial score (nSPS) is 19.6. The number of nitrogens with one attached hydrogen (secondary N) is 1. The van der Waals surface area contributed by atoms with Crippen molar-refractivity contribution in [3.63, 3.8) is 0 Å². The van der Waals surface area contributed by atoms with Crippen LogP contribution in [-0.2, 0) is 14.4 Å². The van der Waals surface area contributed by atoms with Gasteiger partial charge in [0.2, 0.25) is 5.91 Å². The third-order valence-corrected chi connectivity index (χ3v) is 4.66. The monoisotopic (exact) mass is 388 g/mol. The highest BCUT2D eigenvalue weighted by Crippen LogP contribution is 2.22. The lowest BCUT2D eigenvalue weighted by molar-refractivity contribution is -0.151. The second kappa shape index (κ2) is 8.07. The maximum Gasteiger partial charge on any atom is 0.358 e. The Morgan fingerprint density at radius 3 is 2.54 bits per heavy atom. The van der Waals surface area contributed by atoms with E-state index in [1.54, 1.807) is 0 Å². The van der Waals surface area contributed by atoms with Crippen LogP contribution in [-0.4, -0.2) is 71.2 Å². The summed E-state index contributed by atoms with van der Waals surface area (Å²) in [6.45, 7) is 0.222. The molecule has 2 heterocycles. The molecule has 0 bridgehead atoms. The second-order valence-electron chi connectivity index (χ2n) is 6.39. The zero-order chi connectivity index (χ0) is 20.3. The number of fused-ring (bicyclic) bond motifs is 1. The summed E-state index contributed by atoms with van der Waals surface area (Å²) in [4.78, 5) is 61.2. The Balaban J connectivity index is 1.75. The number of amides is 4. The van der Waals surface area contributed by atoms with Crippen LogP contribution in [0.25, 0.3) is 0 Å². The largest absolute Gasteiger partial charge is 0.497 e. The van der Waals surface area contributed by atoms with Crippen LogP contribution in [0.2, 0.25) is 0 Å². The van der Waals surface area contributed by atoms with Crippen LogP contribution in [0.3, 0.4) is 0 Å². The zero-order valence-corrected chi connectivity index (χ0v) is 15.3. The summed E-state index contributed by atoms with van der Waals surface area (Å²) in [7, 11) is 1.48. The molecular formula is C18H20N4O6. The Bertz CT molecular complexity index is 809. The molecule has 0 unspecified atom stereocenters. The SMILES string of the molecule is COc1ccc(C(=O)C(=O)NN2CCC(=O)N3CCC[C@@H](C=O)N3C2=O)cc1. The molecule has 148 valence electrons. The minimum Gasteiger partial charge on any atom is -0.497 e. The molecule has 0 radical (unpaired) electrons. The molecule has 1 aromatic rings. The van der Waals surface area contributed by atoms with Gasteiger partial charge in [-0.3, -0.25) is 19.8 Å². The number of ether oxygens (including phenoxy) is 1. The number of nitrogens with zero attached hydrogens (tertiary/aromatic N) is 3. The maximum absolute atomic E-state index is 12.8. The van der Waals surface area contributed by atoms with Gasteiger partial charge in [0, 0.05) is 18.5 Å². The van der Waals surface area contributed by atoms with E-state index in [0.717, 1.165) is 10.0 Å². The predicted molar refractivity (Wildman–Crippen MR) is 94.8 cm³/mol. The Labute approximate surface area is 160 Å². The first-order valence-corrected chi connectivity index (χ1v) is 8.82. The summed E-state index contributed by atoms with van der Waals surface area (Å²) in [5.74, 6) is -1.64. The number of Topliss-reactive ketones (excluding diaryl/α,β-unsaturated/α-hetero) is 1. The fourth-order valence-electron chi connectivity index (χ4n) is 3.18. The van der Waals surface area contributed by atoms with Crippen molar-refractivity contribution in [3.05, 3.63) is 29.8 Å². The first-order chi connectivity index (χ1) is 13.5. The smallest absolute Gasteiger partial charge is 0.358 e. The lowest BCUT2D eigenvalue weighted by Crippen LogP contribution is -2.61. The van der Waals surface area contributed by atoms with Gasteiger partial charge in [0.05, 0.1) is 13.7 Å². The average molecular weight is 388 g/mol. The van der Waals surface area contributed by atoms with Crippen molar-refractivity contribution >= 4 is 29.9 Å². The third-order valence-electron chi connectivity index (χ3n) is 4.66. The molecule has 3 rings (SSSR count). The molecule has 0 aliphatic carbocycles. The number of urea groups is 1. The molecule has 10 nitrogen and oxygen atoms in total. The number of benzene rings is 1. The van der Waals surface area contributed by atoms with Crippen molar-refractivity contribution in [2.75, 3.05) is 20.2 Å². The fraction of sp³-hybridized carbons (Fsp3) is 0.389. The number of hydrogen-bond acceptors (Lipinski definition) is 6. The van der Waals surface area contributed by atoms with Gasteiger partial charge in [0.1, 0.15) is 18.1 Å². The molecule has 2 fully saturated rings. The molecule has 0 saturated carbocycles. The predicted octanol–water partition coefficient (Wildman–Crippen LogP) is 0.142. The molecule has 2 aliphatic rings. The first kappa shape index (κ1) is 19.3. The van der Waals surface area contributed by atoms with Crippen LogP contribution in [0.4, 0.5) is 4.79 Å². The number of aldehydes is 1. The van der Waals surface area contributed by atoms with Crippen LogP contribution >= 0.6 is 0 Å². The minimum absolute atomic E-state index is 0.0369. The maximum atomic E-state index is 12.8. The van der Waals surface area contributed by atoms with Crippen LogP contribution in [0, 0.1) is 0 Å². The molecule has 1 N–H and O–H groups in total. The minimum atomic E-state index is -1.01. The van der Waals surface area contributed by atoms with Crippen LogP contribution in [0.15, 0.2) is 24.3 Å². The van der Waals surface area contributed by atoms with Crippen molar-refractivity contribution in [2.45, 2.75) is 25.3 Å². The zero-order valence-electron chi connectivity index (χ0n) is 15.3. The molecule has 1 aromatic carbocycles. The van der Waals surface area contributed by atoms with Crippen LogP contribution in [0.1, 0.15) is 29.6 Å². The molecule has 1 atom stereocenters. The van der Waals surface area contributed by atoms with Crippen molar-refractivity contribution in [1.29, 1.82) is 0 Å². The third kappa shape index (κ3) is 3.66. The highest BCUT2D eigenvalue weighted by Gasteiger charge is 2.41. The Kier molecular flexibility index (Phi) is 5.57. The number of rotatable bonds is 5. The van der Waals surface area contributed by atoms with E-state index in [0.29, 0.717) is 31.4 Å². The average Bonchev–Trinajstić information content (AvgIpc) is 2.85. The van der Waals surface area contributed by atoms with Gasteiger partial charge in [-0.2, -0.15) is 0 Å². The van der Waals surface area contributed by atoms with E-state index in [1.165, 1.54) is 36.4 Å². The van der Waals surface area contributed by atoms with Gasteiger partial charge in [-0.05, 0) is 37.1 Å². The fourth-order valence-corrected chi connectivity index (χ4v) is 3.18. The van der Waals surface area contributed by atoms with Gasteiger partial charge < -0.3 is 9.53 Å². The summed E-state index contributed by atoms with van der Waals surface area (Å²) in [6.07, 6.45) is 1.59. The van der Waals surface area contributed by atoms with E-state index in [1.807, 2.05) is 0 Å². The first-order valence-electron chi connectivity index (χ1n) is 8.82. The number of methoxy groups -OCH3 is 1. The summed E-state index contributed by atoms with van der Waals surface area (Å²) in [6, 6.07) is 4.43. The van der Waals surface area contributed by atoms with E-state index in [2.05, 4.69) is 5.43 Å². The Hall–Kier alpha value is -3.43. The van der Waals surface area contributed by atoms with Gasteiger partial charge in [0.15, 0.2) is 0 Å². The summed E-state index contributed by atoms with van der Waals surface area (Å²) in [5, 5.41) is 3.20. The highest BCUT2D eigenvalue weighted by atomic mass is 16.5. The lowest BCUT2D eigenvalue weighted by atomic mass is 10.1. The Morgan fingerprint density at radius 1 is 1.18 bits per heavy atom. The molecule has 2 saturated heterocycles. The molecule has 28 heavy (non-hydrogen) atoms. The summed E-state index contributed by atoms with van der Waals surface area (Å²) >= 11 is 0. The topological polar surface area (TPSA) is 116 Å². The molecular weight excluding hydrogens is 368 g/mol. The number of ketones is 1. The number of hydrogen-bond donors (Lipinski definition) is 1. The number of carbonyl (C=O) groups is 5. The van der Waals surface area contributed by atoms with Crippen molar-refractivity contribution in [1.82, 2.24) is 20.5 Å². The van der Waals surface area contributed by atoms with Gasteiger partial charge in [-0.25, -0.2) is 19.8 Å². The quantitative estimate of drug-likeness (QED) is 0.436. The number of hydrazine groups is 2. The van der Waals surface area contributed by atoms with E-state index in [9.17, 15) is 24.0 Å². The van der Waals surface area contributed by atoms with E-state index < -0.39 is 23.8 Å². The summed E-state index contributed by atoms with van der Waals surface area (Å²) < 4.78 is 5.00. The number of carbonyl (C=O) groups excluding carboxylic acids is 5. The second-order valence-corrected chi connectivity index (χ2v) is 6.39. The summed E-state index contributed by atoms with van der Waals surface area (Å²) in [5.41, 5.74) is 2.39. The molecule has 2 aliphatic heterocycles. The molecule has 0 aromatic heterocycles. The van der Waals surface area contributed by atoms with Crippen LogP contribution < -0.4 is 10.2 Å².